The van der Waals surface area contributed by atoms with Crippen LogP contribution in [-0.2, 0) is 21.2 Å². The number of aliphatic imine (C=N–C) groups is 1. The first-order chi connectivity index (χ1) is 11.4. The van der Waals surface area contributed by atoms with Crippen molar-refractivity contribution in [3.8, 4) is 5.75 Å². The van der Waals surface area contributed by atoms with Crippen molar-refractivity contribution >= 4 is 21.8 Å². The highest BCUT2D eigenvalue weighted by Gasteiger charge is 2.31. The number of hydrogen-bond acceptors (Lipinski definition) is 5. The predicted molar refractivity (Wildman–Crippen MR) is 86.5 cm³/mol. The largest absolute Gasteiger partial charge is 0.508 e. The molecule has 0 spiro atoms. The molecule has 0 fully saturated rings. The summed E-state index contributed by atoms with van der Waals surface area (Å²) in [4.78, 5) is 15.7. The highest BCUT2D eigenvalue weighted by atomic mass is 32.2. The van der Waals surface area contributed by atoms with Gasteiger partial charge in [-0.05, 0) is 29.8 Å². The number of nitrogens with one attached hydrogen (secondary N) is 1. The number of fused-ring (bicyclic) bond motifs is 1. The molecule has 8 heteroatoms. The zero-order valence-electron chi connectivity index (χ0n) is 12.4. The third-order valence-electron chi connectivity index (χ3n) is 3.60. The van der Waals surface area contributed by atoms with Crippen molar-refractivity contribution in [3.05, 3.63) is 59.7 Å². The molecule has 3 rings (SSSR count). The number of aromatic hydroxyl groups is 1. The van der Waals surface area contributed by atoms with Crippen molar-refractivity contribution in [1.29, 1.82) is 0 Å². The van der Waals surface area contributed by atoms with Crippen molar-refractivity contribution in [2.75, 3.05) is 0 Å². The van der Waals surface area contributed by atoms with Gasteiger partial charge in [-0.1, -0.05) is 24.3 Å². The van der Waals surface area contributed by atoms with Gasteiger partial charge in [0.25, 0.3) is 10.0 Å². The zero-order valence-corrected chi connectivity index (χ0v) is 13.2. The number of hydrogen-bond donors (Lipinski definition) is 3. The van der Waals surface area contributed by atoms with E-state index in [0.29, 0.717) is 11.1 Å². The normalized spacial score (nSPS) is 17.9. The quantitative estimate of drug-likeness (QED) is 0.767. The minimum Gasteiger partial charge on any atom is -0.508 e. The van der Waals surface area contributed by atoms with Crippen LogP contribution in [0.4, 0.5) is 0 Å². The fourth-order valence-corrected chi connectivity index (χ4v) is 3.67. The first kappa shape index (κ1) is 16.0. The number of carboxylic acids is 1. The smallest absolute Gasteiger partial charge is 0.328 e. The van der Waals surface area contributed by atoms with E-state index in [2.05, 4.69) is 9.71 Å². The number of rotatable bonds is 4. The summed E-state index contributed by atoms with van der Waals surface area (Å²) in [6.45, 7) is 0. The maximum absolute atomic E-state index is 12.0. The number of aliphatic carboxylic acids is 1. The first-order valence-electron chi connectivity index (χ1n) is 7.07. The maximum atomic E-state index is 12.0. The van der Waals surface area contributed by atoms with Crippen molar-refractivity contribution in [2.45, 2.75) is 17.4 Å². The van der Waals surface area contributed by atoms with Crippen LogP contribution in [0.15, 0.2) is 58.4 Å². The second kappa shape index (κ2) is 5.97. The van der Waals surface area contributed by atoms with Crippen LogP contribution < -0.4 is 4.72 Å². The van der Waals surface area contributed by atoms with Gasteiger partial charge in [0, 0.05) is 12.0 Å². The molecule has 0 radical (unpaired) electrons. The molecule has 124 valence electrons. The molecule has 0 saturated carbocycles. The molecule has 24 heavy (non-hydrogen) atoms. The molecule has 0 aromatic heterocycles. The van der Waals surface area contributed by atoms with Gasteiger partial charge < -0.3 is 10.2 Å². The Morgan fingerprint density at radius 3 is 2.46 bits per heavy atom. The number of phenolic OH excluding ortho intramolecular Hbond substituents is 1. The van der Waals surface area contributed by atoms with Crippen LogP contribution >= 0.6 is 0 Å². The van der Waals surface area contributed by atoms with Gasteiger partial charge in [-0.25, -0.2) is 13.2 Å². The second-order valence-corrected chi connectivity index (χ2v) is 6.95. The summed E-state index contributed by atoms with van der Waals surface area (Å²) in [6.07, 6.45) is 0.0724. The summed E-state index contributed by atoms with van der Waals surface area (Å²) in [5, 5.41) is 18.7. The lowest BCUT2D eigenvalue weighted by molar-refractivity contribution is -0.138. The van der Waals surface area contributed by atoms with Crippen LogP contribution in [0.5, 0.6) is 5.75 Å². The van der Waals surface area contributed by atoms with Crippen LogP contribution in [0.2, 0.25) is 0 Å². The molecule has 0 saturated heterocycles. The van der Waals surface area contributed by atoms with Crippen LogP contribution in [0.25, 0.3) is 0 Å². The summed E-state index contributed by atoms with van der Waals surface area (Å²) in [5.74, 6) is -1.06. The van der Waals surface area contributed by atoms with Gasteiger partial charge in [-0.15, -0.1) is 0 Å². The second-order valence-electron chi connectivity index (χ2n) is 5.30. The molecule has 0 amide bonds. The Hall–Kier alpha value is -2.87. The van der Waals surface area contributed by atoms with Crippen molar-refractivity contribution in [1.82, 2.24) is 4.72 Å². The topological polar surface area (TPSA) is 116 Å². The van der Waals surface area contributed by atoms with Gasteiger partial charge in [0.05, 0.1) is 4.90 Å². The van der Waals surface area contributed by atoms with Gasteiger partial charge in [0.1, 0.15) is 11.6 Å². The molecule has 2 aromatic carbocycles. The molecule has 3 N–H and O–H groups in total. The summed E-state index contributed by atoms with van der Waals surface area (Å²) >= 11 is 0. The third kappa shape index (κ3) is 3.09. The van der Waals surface area contributed by atoms with E-state index in [4.69, 9.17) is 0 Å². The molecule has 1 aliphatic heterocycles. The van der Waals surface area contributed by atoms with E-state index in [1.807, 2.05) is 0 Å². The number of phenols is 1. The standard InChI is InChI=1S/C16H14N2O5S/c19-11-7-5-10(6-8-11)9-13(16(20)21)17-15-12-3-1-2-4-14(12)24(22,23)18-15/h1-8,13,19H,9H2,(H,17,18)(H,20,21)/t13-/m0/s1. The number of nitrogens with zero attached hydrogens (tertiary/aromatic N) is 1. The summed E-state index contributed by atoms with van der Waals surface area (Å²) in [7, 11) is -3.71. The lowest BCUT2D eigenvalue weighted by Crippen LogP contribution is -2.28. The molecule has 7 nitrogen and oxygen atoms in total. The maximum Gasteiger partial charge on any atom is 0.328 e. The molecule has 0 bridgehead atoms. The van der Waals surface area contributed by atoms with Gasteiger partial charge in [0.2, 0.25) is 0 Å². The highest BCUT2D eigenvalue weighted by Crippen LogP contribution is 2.23. The molecular formula is C16H14N2O5S. The van der Waals surface area contributed by atoms with Gasteiger partial charge in [0.15, 0.2) is 6.04 Å². The lowest BCUT2D eigenvalue weighted by atomic mass is 10.1. The number of benzene rings is 2. The zero-order chi connectivity index (χ0) is 17.3. The number of carboxylic acid groups (broad SMARTS) is 1. The number of amidine groups is 1. The minimum absolute atomic E-state index is 0.0248. The average Bonchev–Trinajstić information content (AvgIpc) is 2.80. The SMILES string of the molecule is O=C(O)[C@H](Cc1ccc(O)cc1)N=C1NS(=O)(=O)c2ccccc21. The molecule has 2 aromatic rings. The highest BCUT2D eigenvalue weighted by molar-refractivity contribution is 7.90. The van der Waals surface area contributed by atoms with E-state index >= 15 is 0 Å². The number of sulfonamides is 1. The lowest BCUT2D eigenvalue weighted by Gasteiger charge is -2.09. The van der Waals surface area contributed by atoms with Gasteiger partial charge in [-0.3, -0.25) is 9.71 Å². The Morgan fingerprint density at radius 1 is 1.12 bits per heavy atom. The summed E-state index contributed by atoms with van der Waals surface area (Å²) in [5.41, 5.74) is 1.02. The summed E-state index contributed by atoms with van der Waals surface area (Å²) < 4.78 is 26.4. The van der Waals surface area contributed by atoms with E-state index in [1.165, 1.54) is 18.2 Å². The van der Waals surface area contributed by atoms with Crippen LogP contribution in [0.3, 0.4) is 0 Å². The fourth-order valence-electron chi connectivity index (χ4n) is 2.43. The van der Waals surface area contributed by atoms with E-state index in [-0.39, 0.29) is 22.9 Å². The van der Waals surface area contributed by atoms with E-state index < -0.39 is 22.0 Å². The van der Waals surface area contributed by atoms with Crippen molar-refractivity contribution < 1.29 is 23.4 Å². The van der Waals surface area contributed by atoms with Crippen LogP contribution in [0, 0.1) is 0 Å². The molecule has 1 aliphatic rings. The van der Waals surface area contributed by atoms with Crippen molar-refractivity contribution in [2.24, 2.45) is 4.99 Å². The fraction of sp³-hybridized carbons (Fsp3) is 0.125. The van der Waals surface area contributed by atoms with Gasteiger partial charge in [-0.2, -0.15) is 0 Å². The molecule has 1 atom stereocenters. The Kier molecular flexibility index (Phi) is 3.98. The van der Waals surface area contributed by atoms with E-state index in [1.54, 1.807) is 30.3 Å². The summed E-state index contributed by atoms with van der Waals surface area (Å²) in [6, 6.07) is 11.2. The van der Waals surface area contributed by atoms with Crippen LogP contribution in [0.1, 0.15) is 11.1 Å². The molecular weight excluding hydrogens is 332 g/mol. The Bertz CT molecular complexity index is 920. The average molecular weight is 346 g/mol. The molecule has 1 heterocycles. The predicted octanol–water partition coefficient (Wildman–Crippen LogP) is 1.13. The van der Waals surface area contributed by atoms with Crippen molar-refractivity contribution in [3.63, 3.8) is 0 Å². The van der Waals surface area contributed by atoms with Gasteiger partial charge >= 0.3 is 5.97 Å². The first-order valence-corrected chi connectivity index (χ1v) is 8.56. The number of carbonyl (C=O) groups is 1. The monoisotopic (exact) mass is 346 g/mol. The molecule has 0 aliphatic carbocycles. The van der Waals surface area contributed by atoms with E-state index in [9.17, 15) is 23.4 Å². The van der Waals surface area contributed by atoms with E-state index in [0.717, 1.165) is 0 Å². The Balaban J connectivity index is 1.95. The third-order valence-corrected chi connectivity index (χ3v) is 5.00. The Labute approximate surface area is 138 Å². The molecule has 0 unspecified atom stereocenters. The minimum atomic E-state index is -3.71. The Morgan fingerprint density at radius 2 is 1.79 bits per heavy atom. The van der Waals surface area contributed by atoms with Crippen LogP contribution in [-0.4, -0.2) is 36.5 Å².